The molecule has 5 rings (SSSR count). The lowest BCUT2D eigenvalue weighted by molar-refractivity contribution is 0.0950. The Kier molecular flexibility index (Phi) is 10.2. The van der Waals surface area contributed by atoms with Crippen molar-refractivity contribution in [2.24, 2.45) is 0 Å². The van der Waals surface area contributed by atoms with Crippen molar-refractivity contribution in [3.63, 3.8) is 0 Å². The fraction of sp³-hybridized carbons (Fsp3) is 0.265. The number of carbonyl (C=O) groups excluding carboxylic acids is 2. The summed E-state index contributed by atoms with van der Waals surface area (Å²) in [6.45, 7) is 4.64. The van der Waals surface area contributed by atoms with E-state index in [9.17, 15) is 9.59 Å². The van der Waals surface area contributed by atoms with Gasteiger partial charge in [-0.1, -0.05) is 48.5 Å². The van der Waals surface area contributed by atoms with Crippen LogP contribution >= 0.6 is 0 Å². The number of hydrogen-bond donors (Lipinski definition) is 3. The summed E-state index contributed by atoms with van der Waals surface area (Å²) in [5.41, 5.74) is 5.34. The highest BCUT2D eigenvalue weighted by Gasteiger charge is 2.16. The molecule has 216 valence electrons. The Bertz CT molecular complexity index is 1450. The van der Waals surface area contributed by atoms with Crippen molar-refractivity contribution < 1.29 is 14.3 Å². The molecular formula is C34H37N5O3. The predicted octanol–water partition coefficient (Wildman–Crippen LogP) is 5.52. The molecule has 3 amide bonds. The highest BCUT2D eigenvalue weighted by Crippen LogP contribution is 2.28. The minimum Gasteiger partial charge on any atom is -0.493 e. The van der Waals surface area contributed by atoms with Gasteiger partial charge in [-0.05, 0) is 84.6 Å². The zero-order valence-electron chi connectivity index (χ0n) is 23.7. The summed E-state index contributed by atoms with van der Waals surface area (Å²) < 4.78 is 6.03. The lowest BCUT2D eigenvalue weighted by Gasteiger charge is -2.17. The Labute approximate surface area is 247 Å². The smallest absolute Gasteiger partial charge is 0.319 e. The van der Waals surface area contributed by atoms with Crippen LogP contribution in [0.15, 0.2) is 97.3 Å². The first kappa shape index (κ1) is 28.8. The summed E-state index contributed by atoms with van der Waals surface area (Å²) in [6.07, 6.45) is 6.58. The Morgan fingerprint density at radius 2 is 1.60 bits per heavy atom. The molecule has 42 heavy (non-hydrogen) atoms. The van der Waals surface area contributed by atoms with Gasteiger partial charge in [0.25, 0.3) is 5.91 Å². The van der Waals surface area contributed by atoms with Gasteiger partial charge < -0.3 is 25.6 Å². The number of amides is 3. The number of pyridine rings is 1. The molecule has 3 N–H and O–H groups in total. The molecular weight excluding hydrogens is 526 g/mol. The van der Waals surface area contributed by atoms with Crippen LogP contribution in [0.25, 0.3) is 11.1 Å². The number of rotatable bonds is 12. The number of nitrogens with zero attached hydrogens (tertiary/aromatic N) is 2. The summed E-state index contributed by atoms with van der Waals surface area (Å²) in [5.74, 6) is 0.668. The van der Waals surface area contributed by atoms with Crippen molar-refractivity contribution in [3.8, 4) is 16.9 Å². The highest BCUT2D eigenvalue weighted by atomic mass is 16.5. The average molecular weight is 564 g/mol. The minimum absolute atomic E-state index is 0.0460. The van der Waals surface area contributed by atoms with Crippen LogP contribution < -0.4 is 20.7 Å². The van der Waals surface area contributed by atoms with Crippen LogP contribution in [0.3, 0.4) is 0 Å². The number of ether oxygens (including phenoxy) is 1. The number of aromatic nitrogens is 1. The average Bonchev–Trinajstić information content (AvgIpc) is 3.55. The molecule has 0 bridgehead atoms. The lowest BCUT2D eigenvalue weighted by Crippen LogP contribution is -2.33. The first-order valence-electron chi connectivity index (χ1n) is 14.5. The molecule has 3 aromatic carbocycles. The Hall–Kier alpha value is -4.69. The summed E-state index contributed by atoms with van der Waals surface area (Å²) >= 11 is 0. The Morgan fingerprint density at radius 3 is 2.38 bits per heavy atom. The molecule has 0 unspecified atom stereocenters. The second-order valence-corrected chi connectivity index (χ2v) is 10.3. The van der Waals surface area contributed by atoms with Crippen molar-refractivity contribution in [3.05, 3.63) is 114 Å². The third-order valence-corrected chi connectivity index (χ3v) is 7.32. The molecule has 1 aliphatic heterocycles. The third-order valence-electron chi connectivity index (χ3n) is 7.32. The van der Waals surface area contributed by atoms with Crippen molar-refractivity contribution in [2.75, 3.05) is 38.1 Å². The number of nitrogens with one attached hydrogen (secondary N) is 3. The summed E-state index contributed by atoms with van der Waals surface area (Å²) in [7, 11) is 0. The molecule has 1 fully saturated rings. The molecule has 1 aromatic heterocycles. The van der Waals surface area contributed by atoms with Gasteiger partial charge >= 0.3 is 6.03 Å². The molecule has 0 aliphatic carbocycles. The number of likely N-dealkylation sites (tertiary alicyclic amines) is 1. The second-order valence-electron chi connectivity index (χ2n) is 10.3. The van der Waals surface area contributed by atoms with Gasteiger partial charge in [0.15, 0.2) is 0 Å². The Morgan fingerprint density at radius 1 is 0.833 bits per heavy atom. The standard InChI is InChI=1S/C34H37N5O3/c40-33(36-19-22-39-20-5-6-21-39)32-12-4-3-11-31(32)30-10-2-1-9-27(30)17-23-42-29-15-13-28(14-16-29)38-34(41)37-25-26-8-7-18-35-24-26/h1-4,7-16,18,24H,5-6,17,19-23,25H2,(H,36,40)(H2,37,38,41). The zero-order valence-corrected chi connectivity index (χ0v) is 23.7. The molecule has 0 radical (unpaired) electrons. The van der Waals surface area contributed by atoms with Gasteiger partial charge in [-0.2, -0.15) is 0 Å². The van der Waals surface area contributed by atoms with E-state index < -0.39 is 0 Å². The van der Waals surface area contributed by atoms with Crippen LogP contribution in [-0.2, 0) is 13.0 Å². The van der Waals surface area contributed by atoms with Gasteiger partial charge in [0, 0.05) is 49.7 Å². The van der Waals surface area contributed by atoms with E-state index >= 15 is 0 Å². The number of carbonyl (C=O) groups is 2. The van der Waals surface area contributed by atoms with E-state index in [1.807, 2.05) is 72.8 Å². The molecule has 0 saturated carbocycles. The maximum absolute atomic E-state index is 13.1. The quantitative estimate of drug-likeness (QED) is 0.211. The fourth-order valence-corrected chi connectivity index (χ4v) is 5.12. The van der Waals surface area contributed by atoms with Crippen LogP contribution in [0.2, 0.25) is 0 Å². The topological polar surface area (TPSA) is 95.6 Å². The lowest BCUT2D eigenvalue weighted by atomic mass is 9.94. The van der Waals surface area contributed by atoms with Gasteiger partial charge in [0.2, 0.25) is 0 Å². The van der Waals surface area contributed by atoms with Crippen molar-refractivity contribution in [2.45, 2.75) is 25.8 Å². The summed E-state index contributed by atoms with van der Waals surface area (Å²) in [6, 6.07) is 26.7. The van der Waals surface area contributed by atoms with Gasteiger partial charge in [-0.15, -0.1) is 0 Å². The first-order chi connectivity index (χ1) is 20.7. The molecule has 1 aliphatic rings. The number of anilines is 1. The van der Waals surface area contributed by atoms with Crippen LogP contribution in [0.4, 0.5) is 10.5 Å². The van der Waals surface area contributed by atoms with Crippen LogP contribution in [0.1, 0.15) is 34.3 Å². The van der Waals surface area contributed by atoms with Crippen molar-refractivity contribution in [1.82, 2.24) is 20.5 Å². The zero-order chi connectivity index (χ0) is 29.0. The first-order valence-corrected chi connectivity index (χ1v) is 14.5. The van der Waals surface area contributed by atoms with E-state index in [4.69, 9.17) is 4.74 Å². The van der Waals surface area contributed by atoms with E-state index in [1.165, 1.54) is 12.8 Å². The SMILES string of the molecule is O=C(NCc1cccnc1)Nc1ccc(OCCc2ccccc2-c2ccccc2C(=O)NCCN2CCCC2)cc1. The van der Waals surface area contributed by atoms with E-state index in [2.05, 4.69) is 38.0 Å². The van der Waals surface area contributed by atoms with Gasteiger partial charge in [-0.25, -0.2) is 4.79 Å². The normalized spacial score (nSPS) is 13.0. The second kappa shape index (κ2) is 14.8. The molecule has 0 spiro atoms. The van der Waals surface area contributed by atoms with E-state index in [-0.39, 0.29) is 11.9 Å². The van der Waals surface area contributed by atoms with E-state index in [0.717, 1.165) is 41.9 Å². The monoisotopic (exact) mass is 563 g/mol. The minimum atomic E-state index is -0.287. The third kappa shape index (κ3) is 8.17. The van der Waals surface area contributed by atoms with Crippen LogP contribution in [-0.4, -0.2) is 54.6 Å². The Balaban J connectivity index is 1.14. The largest absolute Gasteiger partial charge is 0.493 e. The number of benzene rings is 3. The van der Waals surface area contributed by atoms with Crippen molar-refractivity contribution >= 4 is 17.6 Å². The maximum Gasteiger partial charge on any atom is 0.319 e. The molecule has 0 atom stereocenters. The van der Waals surface area contributed by atoms with E-state index in [1.54, 1.807) is 12.4 Å². The van der Waals surface area contributed by atoms with Gasteiger partial charge in [0.05, 0.1) is 6.61 Å². The molecule has 1 saturated heterocycles. The molecule has 2 heterocycles. The van der Waals surface area contributed by atoms with Crippen molar-refractivity contribution in [1.29, 1.82) is 0 Å². The van der Waals surface area contributed by atoms with Gasteiger partial charge in [0.1, 0.15) is 5.75 Å². The van der Waals surface area contributed by atoms with Crippen LogP contribution in [0.5, 0.6) is 5.75 Å². The van der Waals surface area contributed by atoms with Gasteiger partial charge in [-0.3, -0.25) is 9.78 Å². The number of hydrogen-bond acceptors (Lipinski definition) is 5. The molecule has 4 aromatic rings. The maximum atomic E-state index is 13.1. The predicted molar refractivity (Wildman–Crippen MR) is 166 cm³/mol. The fourth-order valence-electron chi connectivity index (χ4n) is 5.12. The van der Waals surface area contributed by atoms with Crippen LogP contribution in [0, 0.1) is 0 Å². The van der Waals surface area contributed by atoms with E-state index in [0.29, 0.717) is 43.1 Å². The summed E-state index contributed by atoms with van der Waals surface area (Å²) in [4.78, 5) is 31.8. The number of urea groups is 1. The highest BCUT2D eigenvalue weighted by molar-refractivity contribution is 6.01. The molecule has 8 heteroatoms. The molecule has 8 nitrogen and oxygen atoms in total. The summed E-state index contributed by atoms with van der Waals surface area (Å²) in [5, 5.41) is 8.76.